The minimum absolute atomic E-state index is 0.193. The molecule has 0 bridgehead atoms. The van der Waals surface area contributed by atoms with Crippen LogP contribution in [-0.2, 0) is 4.74 Å². The zero-order chi connectivity index (χ0) is 24.1. The molecule has 0 amide bonds. The van der Waals surface area contributed by atoms with E-state index in [1.165, 1.54) is 12.8 Å². The van der Waals surface area contributed by atoms with Crippen LogP contribution < -0.4 is 10.5 Å². The van der Waals surface area contributed by atoms with E-state index in [1.807, 2.05) is 19.3 Å². The van der Waals surface area contributed by atoms with Gasteiger partial charge in [-0.3, -0.25) is 4.99 Å². The summed E-state index contributed by atoms with van der Waals surface area (Å²) < 4.78 is 14.5. The standard InChI is InChI=1S/C28H31N5O2/c1-3-34-23-14-19(33-13-12-31-28(33)18-7-8-18)9-10-20(23)24-21(15-29)27(30)35-22-11-4-16(2)32-26(25(22)24)17-5-6-17/h9-10,12-14,16-18,24H,3-8,11,30H2,1-2H3. The second-order valence-electron chi connectivity index (χ2n) is 10.0. The molecule has 0 saturated heterocycles. The van der Waals surface area contributed by atoms with Crippen LogP contribution in [0.1, 0.15) is 75.6 Å². The lowest BCUT2D eigenvalue weighted by Gasteiger charge is -2.30. The maximum absolute atomic E-state index is 10.2. The maximum atomic E-state index is 10.2. The Kier molecular flexibility index (Phi) is 5.40. The summed E-state index contributed by atoms with van der Waals surface area (Å²) in [6.07, 6.45) is 10.1. The minimum atomic E-state index is -0.352. The van der Waals surface area contributed by atoms with E-state index in [0.717, 1.165) is 65.6 Å². The Morgan fingerprint density at radius 2 is 2.00 bits per heavy atom. The third-order valence-electron chi connectivity index (χ3n) is 7.38. The number of imidazole rings is 1. The number of nitrogens with two attached hydrogens (primary N) is 1. The summed E-state index contributed by atoms with van der Waals surface area (Å²) in [6, 6.07) is 8.82. The molecule has 180 valence electrons. The van der Waals surface area contributed by atoms with Crippen molar-refractivity contribution in [1.29, 1.82) is 5.26 Å². The number of benzene rings is 1. The van der Waals surface area contributed by atoms with E-state index < -0.39 is 0 Å². The van der Waals surface area contributed by atoms with Crippen LogP contribution in [0, 0.1) is 17.2 Å². The first-order valence-electron chi connectivity index (χ1n) is 12.8. The molecule has 2 atom stereocenters. The van der Waals surface area contributed by atoms with Crippen molar-refractivity contribution in [3.8, 4) is 17.5 Å². The Morgan fingerprint density at radius 1 is 1.20 bits per heavy atom. The molecule has 2 fully saturated rings. The zero-order valence-electron chi connectivity index (χ0n) is 20.3. The number of nitriles is 1. The second kappa shape index (κ2) is 8.60. The molecule has 6 rings (SSSR count). The number of allylic oxidation sites excluding steroid dienone is 3. The molecule has 0 spiro atoms. The number of ether oxygens (including phenoxy) is 2. The Bertz CT molecular complexity index is 1300. The van der Waals surface area contributed by atoms with Crippen LogP contribution in [0.25, 0.3) is 5.69 Å². The summed E-state index contributed by atoms with van der Waals surface area (Å²) in [7, 11) is 0. The first-order chi connectivity index (χ1) is 17.1. The van der Waals surface area contributed by atoms with Gasteiger partial charge in [-0.1, -0.05) is 6.07 Å². The highest BCUT2D eigenvalue weighted by molar-refractivity contribution is 6.06. The Hall–Kier alpha value is -3.53. The van der Waals surface area contributed by atoms with Gasteiger partial charge >= 0.3 is 0 Å². The maximum Gasteiger partial charge on any atom is 0.205 e. The first-order valence-corrected chi connectivity index (χ1v) is 12.8. The molecule has 7 heteroatoms. The van der Waals surface area contributed by atoms with Gasteiger partial charge < -0.3 is 19.8 Å². The van der Waals surface area contributed by atoms with Crippen molar-refractivity contribution in [1.82, 2.24) is 9.55 Å². The van der Waals surface area contributed by atoms with Crippen LogP contribution in [-0.4, -0.2) is 27.9 Å². The van der Waals surface area contributed by atoms with Crippen LogP contribution in [0.2, 0.25) is 0 Å². The predicted molar refractivity (Wildman–Crippen MR) is 133 cm³/mol. The Balaban J connectivity index is 1.51. The van der Waals surface area contributed by atoms with E-state index >= 15 is 0 Å². The van der Waals surface area contributed by atoms with Gasteiger partial charge in [-0.25, -0.2) is 4.98 Å². The minimum Gasteiger partial charge on any atom is -0.493 e. The lowest BCUT2D eigenvalue weighted by Crippen LogP contribution is -2.26. The molecule has 2 aromatic rings. The molecule has 4 aliphatic rings. The molecule has 1 aromatic carbocycles. The fraction of sp³-hybridized carbons (Fsp3) is 0.464. The van der Waals surface area contributed by atoms with Gasteiger partial charge in [0, 0.05) is 59.6 Å². The molecule has 7 nitrogen and oxygen atoms in total. The van der Waals surface area contributed by atoms with E-state index in [2.05, 4.69) is 40.7 Å². The SMILES string of the molecule is CCOc1cc(-n2ccnc2C2CC2)ccc1C1C(C#N)=C(N)OC2=C1C(C1CC1)=NC(C)CC2. The van der Waals surface area contributed by atoms with E-state index in [-0.39, 0.29) is 17.8 Å². The first kappa shape index (κ1) is 22.0. The molecule has 2 aliphatic carbocycles. The third kappa shape index (κ3) is 3.91. The largest absolute Gasteiger partial charge is 0.493 e. The number of aliphatic imine (C=N–C) groups is 1. The fourth-order valence-electron chi connectivity index (χ4n) is 5.36. The van der Waals surface area contributed by atoms with Crippen LogP contribution in [0.5, 0.6) is 5.75 Å². The quantitative estimate of drug-likeness (QED) is 0.623. The molecule has 2 saturated carbocycles. The highest BCUT2D eigenvalue weighted by Gasteiger charge is 2.42. The Labute approximate surface area is 206 Å². The number of hydrogen-bond donors (Lipinski definition) is 1. The summed E-state index contributed by atoms with van der Waals surface area (Å²) in [5.41, 5.74) is 10.8. The van der Waals surface area contributed by atoms with Gasteiger partial charge in [0.1, 0.15) is 29.0 Å². The smallest absolute Gasteiger partial charge is 0.205 e. The van der Waals surface area contributed by atoms with Gasteiger partial charge in [-0.2, -0.15) is 5.26 Å². The molecule has 1 aromatic heterocycles. The molecule has 2 N–H and O–H groups in total. The lowest BCUT2D eigenvalue weighted by atomic mass is 9.79. The number of aromatic nitrogens is 2. The number of nitrogens with zero attached hydrogens (tertiary/aromatic N) is 4. The number of rotatable bonds is 6. The highest BCUT2D eigenvalue weighted by Crippen LogP contribution is 2.49. The molecule has 2 aliphatic heterocycles. The van der Waals surface area contributed by atoms with Gasteiger partial charge in [-0.05, 0) is 52.0 Å². The molecule has 2 unspecified atom stereocenters. The summed E-state index contributed by atoms with van der Waals surface area (Å²) in [6.45, 7) is 4.66. The Morgan fingerprint density at radius 3 is 2.71 bits per heavy atom. The van der Waals surface area contributed by atoms with Gasteiger partial charge in [0.15, 0.2) is 0 Å². The van der Waals surface area contributed by atoms with E-state index in [9.17, 15) is 5.26 Å². The zero-order valence-corrected chi connectivity index (χ0v) is 20.3. The number of hydrogen-bond acceptors (Lipinski definition) is 6. The van der Waals surface area contributed by atoms with Crippen molar-refractivity contribution in [2.24, 2.45) is 16.6 Å². The third-order valence-corrected chi connectivity index (χ3v) is 7.38. The summed E-state index contributed by atoms with van der Waals surface area (Å²) in [5.74, 6) is 3.51. The lowest BCUT2D eigenvalue weighted by molar-refractivity contribution is 0.264. The topological polar surface area (TPSA) is 98.5 Å². The average Bonchev–Trinajstić information content (AvgIpc) is 3.79. The van der Waals surface area contributed by atoms with Crippen LogP contribution in [0.3, 0.4) is 0 Å². The van der Waals surface area contributed by atoms with Crippen molar-refractivity contribution < 1.29 is 9.47 Å². The average molecular weight is 470 g/mol. The van der Waals surface area contributed by atoms with Crippen molar-refractivity contribution >= 4 is 5.71 Å². The van der Waals surface area contributed by atoms with Crippen molar-refractivity contribution in [3.05, 3.63) is 64.8 Å². The van der Waals surface area contributed by atoms with Crippen LogP contribution in [0.15, 0.2) is 58.4 Å². The van der Waals surface area contributed by atoms with Crippen molar-refractivity contribution in [2.45, 2.75) is 70.3 Å². The van der Waals surface area contributed by atoms with Gasteiger partial charge in [0.25, 0.3) is 0 Å². The van der Waals surface area contributed by atoms with Gasteiger partial charge in [0.2, 0.25) is 5.88 Å². The van der Waals surface area contributed by atoms with Crippen molar-refractivity contribution in [3.63, 3.8) is 0 Å². The van der Waals surface area contributed by atoms with E-state index in [1.54, 1.807) is 0 Å². The van der Waals surface area contributed by atoms with Crippen molar-refractivity contribution in [2.75, 3.05) is 6.61 Å². The molecular formula is C28H31N5O2. The summed E-state index contributed by atoms with van der Waals surface area (Å²) in [4.78, 5) is 9.72. The van der Waals surface area contributed by atoms with Crippen LogP contribution in [0.4, 0.5) is 0 Å². The summed E-state index contributed by atoms with van der Waals surface area (Å²) in [5, 5.41) is 10.2. The van der Waals surface area contributed by atoms with Crippen LogP contribution >= 0.6 is 0 Å². The highest BCUT2D eigenvalue weighted by atomic mass is 16.5. The predicted octanol–water partition coefficient (Wildman–Crippen LogP) is 5.24. The fourth-order valence-corrected chi connectivity index (χ4v) is 5.36. The summed E-state index contributed by atoms with van der Waals surface area (Å²) >= 11 is 0. The van der Waals surface area contributed by atoms with Gasteiger partial charge in [0.05, 0.1) is 18.2 Å². The molecule has 0 radical (unpaired) electrons. The normalized spacial score (nSPS) is 24.3. The molecule has 3 heterocycles. The van der Waals surface area contributed by atoms with E-state index in [4.69, 9.17) is 20.2 Å². The van der Waals surface area contributed by atoms with E-state index in [0.29, 0.717) is 24.0 Å². The van der Waals surface area contributed by atoms with Gasteiger partial charge in [-0.15, -0.1) is 0 Å². The second-order valence-corrected chi connectivity index (χ2v) is 10.0. The molecule has 35 heavy (non-hydrogen) atoms. The monoisotopic (exact) mass is 469 g/mol. The molecular weight excluding hydrogens is 438 g/mol.